The van der Waals surface area contributed by atoms with Crippen molar-refractivity contribution < 1.29 is 9.90 Å². The van der Waals surface area contributed by atoms with Crippen LogP contribution in [0.5, 0.6) is 0 Å². The van der Waals surface area contributed by atoms with Gasteiger partial charge in [-0.15, -0.1) is 0 Å². The average Bonchev–Trinajstić information content (AvgIpc) is 2.71. The van der Waals surface area contributed by atoms with Gasteiger partial charge < -0.3 is 5.11 Å². The highest BCUT2D eigenvalue weighted by Crippen LogP contribution is 2.14. The fourth-order valence-corrected chi connectivity index (χ4v) is 3.40. The number of aliphatic carboxylic acids is 1. The maximum Gasteiger partial charge on any atom is 0.335 e. The molecule has 2 heteroatoms. The topological polar surface area (TPSA) is 37.3 Å². The van der Waals surface area contributed by atoms with Gasteiger partial charge in [0, 0.05) is 0 Å². The van der Waals surface area contributed by atoms with Crippen LogP contribution in [0.4, 0.5) is 0 Å². The van der Waals surface area contributed by atoms with E-state index in [1.165, 1.54) is 77.0 Å². The first-order valence-electron chi connectivity index (χ1n) is 11.4. The van der Waals surface area contributed by atoms with Crippen LogP contribution in [0, 0.1) is 0 Å². The van der Waals surface area contributed by atoms with Crippen molar-refractivity contribution in [3.05, 3.63) is 53.6 Å². The van der Waals surface area contributed by atoms with Crippen LogP contribution >= 0.6 is 0 Å². The molecule has 1 aromatic carbocycles. The monoisotopic (exact) mass is 384 g/mol. The second-order valence-corrected chi connectivity index (χ2v) is 7.74. The second kappa shape index (κ2) is 17.3. The van der Waals surface area contributed by atoms with E-state index in [2.05, 4.69) is 6.92 Å². The lowest BCUT2D eigenvalue weighted by atomic mass is 10.0. The van der Waals surface area contributed by atoms with E-state index in [-0.39, 0.29) is 0 Å². The Morgan fingerprint density at radius 1 is 0.786 bits per heavy atom. The zero-order valence-electron chi connectivity index (χ0n) is 17.9. The lowest BCUT2D eigenvalue weighted by Gasteiger charge is -2.02. The molecule has 0 bridgehead atoms. The van der Waals surface area contributed by atoms with Gasteiger partial charge >= 0.3 is 5.97 Å². The molecule has 1 N–H and O–H groups in total. The van der Waals surface area contributed by atoms with Crippen molar-refractivity contribution in [2.75, 3.05) is 0 Å². The summed E-state index contributed by atoms with van der Waals surface area (Å²) in [6.07, 6.45) is 23.6. The molecule has 1 aromatic rings. The van der Waals surface area contributed by atoms with Crippen molar-refractivity contribution in [3.8, 4) is 0 Å². The summed E-state index contributed by atoms with van der Waals surface area (Å²) in [5.41, 5.74) is 1.42. The minimum atomic E-state index is -0.845. The summed E-state index contributed by atoms with van der Waals surface area (Å²) in [7, 11) is 0. The van der Waals surface area contributed by atoms with Gasteiger partial charge in [0.25, 0.3) is 0 Å². The smallest absolute Gasteiger partial charge is 0.335 e. The van der Waals surface area contributed by atoms with E-state index in [0.29, 0.717) is 5.57 Å². The van der Waals surface area contributed by atoms with E-state index in [1.807, 2.05) is 42.5 Å². The molecule has 0 aromatic heterocycles. The van der Waals surface area contributed by atoms with E-state index in [1.54, 1.807) is 6.08 Å². The summed E-state index contributed by atoms with van der Waals surface area (Å²) in [4.78, 5) is 11.4. The maximum absolute atomic E-state index is 11.4. The highest BCUT2D eigenvalue weighted by Gasteiger charge is 2.02. The van der Waals surface area contributed by atoms with Crippen molar-refractivity contribution in [1.82, 2.24) is 0 Å². The molecule has 0 amide bonds. The molecule has 156 valence electrons. The molecule has 0 aliphatic rings. The third-order valence-electron chi connectivity index (χ3n) is 5.17. The van der Waals surface area contributed by atoms with Crippen molar-refractivity contribution in [2.45, 2.75) is 96.8 Å². The Morgan fingerprint density at radius 3 is 1.79 bits per heavy atom. The average molecular weight is 385 g/mol. The largest absolute Gasteiger partial charge is 0.478 e. The molecule has 0 radical (unpaired) electrons. The number of rotatable bonds is 17. The molecule has 28 heavy (non-hydrogen) atoms. The van der Waals surface area contributed by atoms with Crippen LogP contribution < -0.4 is 0 Å². The molecule has 0 spiro atoms. The predicted octanol–water partition coefficient (Wildman–Crippen LogP) is 8.19. The zero-order valence-corrected chi connectivity index (χ0v) is 17.9. The molecular weight excluding hydrogens is 344 g/mol. The first-order chi connectivity index (χ1) is 13.7. The summed E-state index contributed by atoms with van der Waals surface area (Å²) < 4.78 is 0. The highest BCUT2D eigenvalue weighted by atomic mass is 16.4. The standard InChI is InChI=1S/C26H40O2/c1-2-3-4-5-6-7-8-9-10-11-12-13-14-18-21-25(26(27)28)23-22-24-19-16-15-17-20-24/h15-17,19-23H,2-14,18H2,1H3,(H,27,28). The Hall–Kier alpha value is -1.83. The van der Waals surface area contributed by atoms with E-state index in [4.69, 9.17) is 0 Å². The van der Waals surface area contributed by atoms with Gasteiger partial charge in [0.15, 0.2) is 0 Å². The van der Waals surface area contributed by atoms with Crippen LogP contribution in [0.1, 0.15) is 102 Å². The van der Waals surface area contributed by atoms with Crippen molar-refractivity contribution in [1.29, 1.82) is 0 Å². The van der Waals surface area contributed by atoms with Crippen LogP contribution in [0.15, 0.2) is 48.1 Å². The molecule has 0 aliphatic carbocycles. The summed E-state index contributed by atoms with van der Waals surface area (Å²) in [5.74, 6) is -0.845. The molecule has 0 fully saturated rings. The van der Waals surface area contributed by atoms with E-state index >= 15 is 0 Å². The normalized spacial score (nSPS) is 12.0. The molecule has 0 heterocycles. The third kappa shape index (κ3) is 13.4. The van der Waals surface area contributed by atoms with Crippen LogP contribution in [-0.4, -0.2) is 11.1 Å². The third-order valence-corrected chi connectivity index (χ3v) is 5.17. The Bertz CT molecular complexity index is 557. The Labute approximate surface area is 172 Å². The lowest BCUT2D eigenvalue weighted by molar-refractivity contribution is -0.132. The summed E-state index contributed by atoms with van der Waals surface area (Å²) in [6.45, 7) is 2.27. The fourth-order valence-electron chi connectivity index (χ4n) is 3.40. The number of carbonyl (C=O) groups is 1. The summed E-state index contributed by atoms with van der Waals surface area (Å²) in [5, 5.41) is 9.34. The molecule has 0 atom stereocenters. The summed E-state index contributed by atoms with van der Waals surface area (Å²) in [6, 6.07) is 9.82. The van der Waals surface area contributed by atoms with Gasteiger partial charge in [0.1, 0.15) is 0 Å². The Kier molecular flexibility index (Phi) is 14.9. The number of unbranched alkanes of at least 4 members (excludes halogenated alkanes) is 13. The van der Waals surface area contributed by atoms with Crippen molar-refractivity contribution in [3.63, 3.8) is 0 Å². The fraction of sp³-hybridized carbons (Fsp3) is 0.577. The maximum atomic E-state index is 11.4. The number of hydrogen-bond donors (Lipinski definition) is 1. The molecular formula is C26H40O2. The van der Waals surface area contributed by atoms with Crippen LogP contribution in [0.3, 0.4) is 0 Å². The molecule has 2 nitrogen and oxygen atoms in total. The number of benzene rings is 1. The number of hydrogen-bond acceptors (Lipinski definition) is 1. The van der Waals surface area contributed by atoms with Crippen LogP contribution in [-0.2, 0) is 4.79 Å². The SMILES string of the molecule is CCCCCCCCCCCCCCCC=C(C=Cc1ccccc1)C(=O)O. The minimum absolute atomic E-state index is 0.391. The number of carboxylic acid groups (broad SMARTS) is 1. The van der Waals surface area contributed by atoms with Crippen LogP contribution in [0.2, 0.25) is 0 Å². The molecule has 0 unspecified atom stereocenters. The molecule has 1 rings (SSSR count). The first-order valence-corrected chi connectivity index (χ1v) is 11.4. The van der Waals surface area contributed by atoms with Gasteiger partial charge in [-0.1, -0.05) is 126 Å². The Morgan fingerprint density at radius 2 is 1.29 bits per heavy atom. The Balaban J connectivity index is 2.05. The van der Waals surface area contributed by atoms with Crippen molar-refractivity contribution >= 4 is 12.0 Å². The number of allylic oxidation sites excluding steroid dienone is 1. The van der Waals surface area contributed by atoms with Crippen molar-refractivity contribution in [2.24, 2.45) is 0 Å². The summed E-state index contributed by atoms with van der Waals surface area (Å²) >= 11 is 0. The lowest BCUT2D eigenvalue weighted by Crippen LogP contribution is -1.97. The van der Waals surface area contributed by atoms with E-state index < -0.39 is 5.97 Å². The minimum Gasteiger partial charge on any atom is -0.478 e. The van der Waals surface area contributed by atoms with Gasteiger partial charge in [-0.25, -0.2) is 4.79 Å². The van der Waals surface area contributed by atoms with Gasteiger partial charge in [-0.05, 0) is 24.5 Å². The highest BCUT2D eigenvalue weighted by molar-refractivity contribution is 5.91. The van der Waals surface area contributed by atoms with Gasteiger partial charge in [0.05, 0.1) is 5.57 Å². The van der Waals surface area contributed by atoms with Gasteiger partial charge in [0.2, 0.25) is 0 Å². The van der Waals surface area contributed by atoms with E-state index in [9.17, 15) is 9.90 Å². The van der Waals surface area contributed by atoms with E-state index in [0.717, 1.165) is 18.4 Å². The molecule has 0 aliphatic heterocycles. The van der Waals surface area contributed by atoms with Gasteiger partial charge in [-0.3, -0.25) is 0 Å². The number of carboxylic acids is 1. The van der Waals surface area contributed by atoms with Gasteiger partial charge in [-0.2, -0.15) is 0 Å². The predicted molar refractivity (Wildman–Crippen MR) is 122 cm³/mol. The molecule has 0 saturated carbocycles. The van der Waals surface area contributed by atoms with Crippen LogP contribution in [0.25, 0.3) is 6.08 Å². The molecule has 0 saturated heterocycles. The quantitative estimate of drug-likeness (QED) is 0.167. The first kappa shape index (κ1) is 24.2. The second-order valence-electron chi connectivity index (χ2n) is 7.74. The zero-order chi connectivity index (χ0) is 20.3.